The maximum Gasteiger partial charge on any atom is 0.326 e. The molecule has 0 saturated carbocycles. The largest absolute Gasteiger partial charge is 0.480 e. The van der Waals surface area contributed by atoms with Gasteiger partial charge in [0, 0.05) is 28.0 Å². The van der Waals surface area contributed by atoms with Gasteiger partial charge in [-0.25, -0.2) is 4.79 Å². The zero-order valence-corrected chi connectivity index (χ0v) is 15.7. The van der Waals surface area contributed by atoms with Gasteiger partial charge in [-0.2, -0.15) is 0 Å². The van der Waals surface area contributed by atoms with E-state index in [2.05, 4.69) is 21.2 Å². The van der Waals surface area contributed by atoms with Gasteiger partial charge in [-0.05, 0) is 29.3 Å². The van der Waals surface area contributed by atoms with Crippen molar-refractivity contribution in [3.63, 3.8) is 0 Å². The van der Waals surface area contributed by atoms with E-state index >= 15 is 0 Å². The smallest absolute Gasteiger partial charge is 0.326 e. The third kappa shape index (κ3) is 5.53. The molecule has 0 aliphatic heterocycles. The standard InChI is InChI=1S/C17H14BrClN2O5/c18-14-5-4-12(19)8-11(14)9-15(17(23)24)20-16(22)7-10-2-1-3-13(6-10)21(25)26/h1-6,8,15H,7,9H2,(H,20,22)(H,23,24)/t15-/m1/s1. The van der Waals surface area contributed by atoms with E-state index in [-0.39, 0.29) is 18.5 Å². The number of nitrogens with zero attached hydrogens (tertiary/aromatic N) is 1. The van der Waals surface area contributed by atoms with E-state index in [1.807, 2.05) is 0 Å². The number of carbonyl (C=O) groups excluding carboxylic acids is 1. The van der Waals surface area contributed by atoms with Gasteiger partial charge in [-0.1, -0.05) is 39.7 Å². The monoisotopic (exact) mass is 440 g/mol. The number of nitro groups is 1. The summed E-state index contributed by atoms with van der Waals surface area (Å²) in [5.41, 5.74) is 0.929. The molecule has 2 rings (SSSR count). The highest BCUT2D eigenvalue weighted by Gasteiger charge is 2.22. The molecular formula is C17H14BrClN2O5. The quantitative estimate of drug-likeness (QED) is 0.506. The van der Waals surface area contributed by atoms with Crippen molar-refractivity contribution in [3.05, 3.63) is 73.2 Å². The van der Waals surface area contributed by atoms with Crippen LogP contribution >= 0.6 is 27.5 Å². The summed E-state index contributed by atoms with van der Waals surface area (Å²) in [6.45, 7) is 0. The highest BCUT2D eigenvalue weighted by atomic mass is 79.9. The highest BCUT2D eigenvalue weighted by molar-refractivity contribution is 9.10. The number of carbonyl (C=O) groups is 2. The van der Waals surface area contributed by atoms with Crippen LogP contribution in [0.5, 0.6) is 0 Å². The number of hydrogen-bond acceptors (Lipinski definition) is 4. The lowest BCUT2D eigenvalue weighted by atomic mass is 10.1. The lowest BCUT2D eigenvalue weighted by molar-refractivity contribution is -0.384. The second-order valence-electron chi connectivity index (χ2n) is 5.50. The number of halogens is 2. The number of nitrogens with one attached hydrogen (secondary N) is 1. The number of amides is 1. The van der Waals surface area contributed by atoms with Crippen LogP contribution in [0.2, 0.25) is 5.02 Å². The van der Waals surface area contributed by atoms with Crippen LogP contribution in [0, 0.1) is 10.1 Å². The summed E-state index contributed by atoms with van der Waals surface area (Å²) < 4.78 is 0.682. The molecule has 0 aromatic heterocycles. The van der Waals surface area contributed by atoms with Crippen LogP contribution in [-0.2, 0) is 22.4 Å². The highest BCUT2D eigenvalue weighted by Crippen LogP contribution is 2.22. The van der Waals surface area contributed by atoms with Gasteiger partial charge in [-0.15, -0.1) is 0 Å². The van der Waals surface area contributed by atoms with Crippen molar-refractivity contribution < 1.29 is 19.6 Å². The first-order valence-corrected chi connectivity index (χ1v) is 8.63. The SMILES string of the molecule is O=C(Cc1cccc([N+](=O)[O-])c1)N[C@H](Cc1cc(Cl)ccc1Br)C(=O)O. The van der Waals surface area contributed by atoms with Crippen LogP contribution in [0.3, 0.4) is 0 Å². The molecule has 0 heterocycles. The molecule has 2 aromatic rings. The Hall–Kier alpha value is -2.45. The summed E-state index contributed by atoms with van der Waals surface area (Å²) in [4.78, 5) is 33.9. The van der Waals surface area contributed by atoms with Crippen LogP contribution in [0.4, 0.5) is 5.69 Å². The van der Waals surface area contributed by atoms with E-state index in [1.54, 1.807) is 24.3 Å². The van der Waals surface area contributed by atoms with Crippen molar-refractivity contribution in [2.24, 2.45) is 0 Å². The molecule has 0 spiro atoms. The van der Waals surface area contributed by atoms with Gasteiger partial charge in [0.1, 0.15) is 6.04 Å². The van der Waals surface area contributed by atoms with Gasteiger partial charge in [0.15, 0.2) is 0 Å². The summed E-state index contributed by atoms with van der Waals surface area (Å²) in [5.74, 6) is -1.74. The molecule has 0 fully saturated rings. The molecule has 0 unspecified atom stereocenters. The van der Waals surface area contributed by atoms with Gasteiger partial charge in [-0.3, -0.25) is 14.9 Å². The van der Waals surface area contributed by atoms with E-state index in [9.17, 15) is 24.8 Å². The van der Waals surface area contributed by atoms with E-state index in [0.717, 1.165) is 0 Å². The number of carboxylic acid groups (broad SMARTS) is 1. The molecule has 1 atom stereocenters. The summed E-state index contributed by atoms with van der Waals surface area (Å²) in [6.07, 6.45) is -0.126. The van der Waals surface area contributed by atoms with Crippen LogP contribution in [-0.4, -0.2) is 27.9 Å². The first-order chi connectivity index (χ1) is 12.3. The van der Waals surface area contributed by atoms with Crippen molar-refractivity contribution in [1.29, 1.82) is 0 Å². The van der Waals surface area contributed by atoms with E-state index in [0.29, 0.717) is 20.6 Å². The zero-order chi connectivity index (χ0) is 19.3. The second kappa shape index (κ2) is 8.77. The molecule has 136 valence electrons. The number of carboxylic acids is 1. The Bertz CT molecular complexity index is 859. The van der Waals surface area contributed by atoms with E-state index < -0.39 is 22.8 Å². The molecule has 0 aliphatic rings. The predicted molar refractivity (Wildman–Crippen MR) is 99.2 cm³/mol. The predicted octanol–water partition coefficient (Wildman–Crippen LogP) is 3.37. The molecule has 2 aromatic carbocycles. The third-order valence-electron chi connectivity index (χ3n) is 3.55. The van der Waals surface area contributed by atoms with Crippen LogP contribution in [0.15, 0.2) is 46.9 Å². The normalized spacial score (nSPS) is 11.6. The van der Waals surface area contributed by atoms with Gasteiger partial charge in [0.25, 0.3) is 5.69 Å². The Balaban J connectivity index is 2.08. The van der Waals surface area contributed by atoms with E-state index in [4.69, 9.17) is 11.6 Å². The maximum atomic E-state index is 12.2. The lowest BCUT2D eigenvalue weighted by Gasteiger charge is -2.16. The fourth-order valence-corrected chi connectivity index (χ4v) is 2.93. The molecule has 0 aliphatic carbocycles. The number of benzene rings is 2. The Morgan fingerprint density at radius 2 is 2.00 bits per heavy atom. The topological polar surface area (TPSA) is 110 Å². The minimum absolute atomic E-state index is 0.0388. The number of hydrogen-bond donors (Lipinski definition) is 2. The minimum atomic E-state index is -1.19. The number of nitro benzene ring substituents is 1. The maximum absolute atomic E-state index is 12.2. The van der Waals surface area contributed by atoms with Gasteiger partial charge >= 0.3 is 5.97 Å². The molecule has 2 N–H and O–H groups in total. The van der Waals surface area contributed by atoms with Crippen molar-refractivity contribution in [1.82, 2.24) is 5.32 Å². The van der Waals surface area contributed by atoms with Crippen molar-refractivity contribution in [3.8, 4) is 0 Å². The van der Waals surface area contributed by atoms with Gasteiger partial charge in [0.05, 0.1) is 11.3 Å². The zero-order valence-electron chi connectivity index (χ0n) is 13.3. The fourth-order valence-electron chi connectivity index (χ4n) is 2.33. The van der Waals surface area contributed by atoms with Crippen molar-refractivity contribution >= 4 is 45.1 Å². The first kappa shape index (κ1) is 19.9. The molecule has 9 heteroatoms. The molecular weight excluding hydrogens is 428 g/mol. The van der Waals surface area contributed by atoms with Crippen LogP contribution < -0.4 is 5.32 Å². The Morgan fingerprint density at radius 1 is 1.27 bits per heavy atom. The Morgan fingerprint density at radius 3 is 2.65 bits per heavy atom. The van der Waals surface area contributed by atoms with Crippen LogP contribution in [0.1, 0.15) is 11.1 Å². The number of non-ortho nitro benzene ring substituents is 1. The molecule has 1 amide bonds. The molecule has 26 heavy (non-hydrogen) atoms. The average Bonchev–Trinajstić information content (AvgIpc) is 2.57. The Kier molecular flexibility index (Phi) is 6.70. The second-order valence-corrected chi connectivity index (χ2v) is 6.79. The fraction of sp³-hybridized carbons (Fsp3) is 0.176. The minimum Gasteiger partial charge on any atom is -0.480 e. The van der Waals surface area contributed by atoms with Crippen molar-refractivity contribution in [2.75, 3.05) is 0 Å². The molecule has 0 saturated heterocycles. The summed E-state index contributed by atoms with van der Waals surface area (Å²) in [7, 11) is 0. The van der Waals surface area contributed by atoms with Crippen molar-refractivity contribution in [2.45, 2.75) is 18.9 Å². The third-order valence-corrected chi connectivity index (χ3v) is 4.56. The summed E-state index contributed by atoms with van der Waals surface area (Å²) >= 11 is 9.24. The molecule has 0 radical (unpaired) electrons. The lowest BCUT2D eigenvalue weighted by Crippen LogP contribution is -2.43. The molecule has 0 bridgehead atoms. The summed E-state index contributed by atoms with van der Waals surface area (Å²) in [5, 5.41) is 23.0. The van der Waals surface area contributed by atoms with Gasteiger partial charge in [0.2, 0.25) is 5.91 Å². The Labute approximate surface area is 162 Å². The number of aliphatic carboxylic acids is 1. The van der Waals surface area contributed by atoms with Crippen LogP contribution in [0.25, 0.3) is 0 Å². The molecule has 7 nitrogen and oxygen atoms in total. The number of rotatable bonds is 7. The van der Waals surface area contributed by atoms with Gasteiger partial charge < -0.3 is 10.4 Å². The summed E-state index contributed by atoms with van der Waals surface area (Å²) in [6, 6.07) is 9.45. The average molecular weight is 442 g/mol. The first-order valence-electron chi connectivity index (χ1n) is 7.45. The van der Waals surface area contributed by atoms with E-state index in [1.165, 1.54) is 18.2 Å².